The fraction of sp³-hybridized carbons (Fsp3) is 0.357. The molecule has 0 aromatic carbocycles. The number of anilines is 1. The lowest BCUT2D eigenvalue weighted by Crippen LogP contribution is -2.36. The molecule has 7 heteroatoms. The van der Waals surface area contributed by atoms with E-state index in [-0.39, 0.29) is 18.0 Å². The van der Waals surface area contributed by atoms with Crippen molar-refractivity contribution in [3.05, 3.63) is 35.9 Å². The molecule has 2 unspecified atom stereocenters. The van der Waals surface area contributed by atoms with Gasteiger partial charge in [-0.25, -0.2) is 19.3 Å². The standard InChI is InChI=1S/C14H15FN4OS/c1-8(2)20-11-5-9(15)3-4-10(11)19-13-12-14(17-6-16-13)21-7-18-12/h3-8,10-11H,1-2H3,(H,16,17,19). The minimum atomic E-state index is -0.390. The Morgan fingerprint density at radius 3 is 3.00 bits per heavy atom. The highest BCUT2D eigenvalue weighted by Gasteiger charge is 2.24. The Balaban J connectivity index is 1.85. The number of allylic oxidation sites excluding steroid dienone is 2. The van der Waals surface area contributed by atoms with E-state index in [2.05, 4.69) is 20.3 Å². The van der Waals surface area contributed by atoms with Crippen LogP contribution in [0.5, 0.6) is 0 Å². The van der Waals surface area contributed by atoms with Crippen molar-refractivity contribution in [2.45, 2.75) is 32.1 Å². The van der Waals surface area contributed by atoms with E-state index in [9.17, 15) is 4.39 Å². The van der Waals surface area contributed by atoms with Crippen LogP contribution in [0.1, 0.15) is 13.8 Å². The Morgan fingerprint density at radius 2 is 2.19 bits per heavy atom. The highest BCUT2D eigenvalue weighted by Crippen LogP contribution is 2.24. The maximum absolute atomic E-state index is 13.4. The number of thiazole rings is 1. The molecule has 0 bridgehead atoms. The molecule has 0 radical (unpaired) electrons. The summed E-state index contributed by atoms with van der Waals surface area (Å²) in [6.45, 7) is 3.84. The quantitative estimate of drug-likeness (QED) is 0.940. The number of ether oxygens (including phenoxy) is 1. The molecule has 2 heterocycles. The van der Waals surface area contributed by atoms with Crippen LogP contribution < -0.4 is 5.32 Å². The summed E-state index contributed by atoms with van der Waals surface area (Å²) in [6.07, 6.45) is 5.74. The van der Waals surface area contributed by atoms with Crippen LogP contribution in [0.3, 0.4) is 0 Å². The molecule has 5 nitrogen and oxygen atoms in total. The molecule has 0 fully saturated rings. The summed E-state index contributed by atoms with van der Waals surface area (Å²) in [4.78, 5) is 13.5. The van der Waals surface area contributed by atoms with Crippen LogP contribution in [0.2, 0.25) is 0 Å². The van der Waals surface area contributed by atoms with Crippen molar-refractivity contribution >= 4 is 27.5 Å². The van der Waals surface area contributed by atoms with E-state index in [1.807, 2.05) is 13.8 Å². The lowest BCUT2D eigenvalue weighted by Gasteiger charge is -2.27. The van der Waals surface area contributed by atoms with Gasteiger partial charge in [-0.2, -0.15) is 0 Å². The minimum absolute atomic E-state index is 0.000425. The minimum Gasteiger partial charge on any atom is -0.369 e. The zero-order valence-corrected chi connectivity index (χ0v) is 12.5. The predicted molar refractivity (Wildman–Crippen MR) is 81.0 cm³/mol. The van der Waals surface area contributed by atoms with E-state index in [0.717, 1.165) is 4.83 Å². The molecule has 0 saturated carbocycles. The highest BCUT2D eigenvalue weighted by atomic mass is 32.1. The van der Waals surface area contributed by atoms with Gasteiger partial charge in [0.25, 0.3) is 0 Å². The van der Waals surface area contributed by atoms with E-state index in [0.29, 0.717) is 11.3 Å². The van der Waals surface area contributed by atoms with Crippen molar-refractivity contribution in [1.82, 2.24) is 15.0 Å². The molecule has 2 aromatic heterocycles. The third kappa shape index (κ3) is 3.08. The van der Waals surface area contributed by atoms with Crippen LogP contribution in [0, 0.1) is 0 Å². The van der Waals surface area contributed by atoms with Gasteiger partial charge in [-0.3, -0.25) is 0 Å². The third-order valence-electron chi connectivity index (χ3n) is 3.01. The smallest absolute Gasteiger partial charge is 0.157 e. The monoisotopic (exact) mass is 306 g/mol. The molecule has 21 heavy (non-hydrogen) atoms. The summed E-state index contributed by atoms with van der Waals surface area (Å²) in [5, 5.41) is 3.26. The Labute approximate surface area is 125 Å². The lowest BCUT2D eigenvalue weighted by molar-refractivity contribution is 0.0304. The van der Waals surface area contributed by atoms with Gasteiger partial charge >= 0.3 is 0 Å². The summed E-state index contributed by atoms with van der Waals surface area (Å²) < 4.78 is 19.2. The van der Waals surface area contributed by atoms with Gasteiger partial charge in [-0.05, 0) is 26.0 Å². The van der Waals surface area contributed by atoms with E-state index in [1.54, 1.807) is 11.6 Å². The van der Waals surface area contributed by atoms with Crippen LogP contribution in [0.25, 0.3) is 10.3 Å². The average Bonchev–Trinajstić information content (AvgIpc) is 2.90. The zero-order chi connectivity index (χ0) is 14.8. The fourth-order valence-corrected chi connectivity index (χ4v) is 2.77. The van der Waals surface area contributed by atoms with Crippen LogP contribution in [0.15, 0.2) is 35.9 Å². The van der Waals surface area contributed by atoms with Gasteiger partial charge in [0, 0.05) is 0 Å². The number of rotatable bonds is 4. The molecule has 0 spiro atoms. The summed E-state index contributed by atoms with van der Waals surface area (Å²) >= 11 is 1.45. The Kier molecular flexibility index (Phi) is 3.94. The van der Waals surface area contributed by atoms with Crippen LogP contribution >= 0.6 is 11.3 Å². The van der Waals surface area contributed by atoms with Crippen molar-refractivity contribution in [3.8, 4) is 0 Å². The van der Waals surface area contributed by atoms with E-state index < -0.39 is 6.10 Å². The molecule has 1 aliphatic carbocycles. The van der Waals surface area contributed by atoms with Crippen molar-refractivity contribution < 1.29 is 9.13 Å². The van der Waals surface area contributed by atoms with Gasteiger partial charge in [-0.1, -0.05) is 6.08 Å². The Hall–Kier alpha value is -1.86. The molecule has 0 saturated heterocycles. The van der Waals surface area contributed by atoms with Crippen molar-refractivity contribution in [2.75, 3.05) is 5.32 Å². The van der Waals surface area contributed by atoms with Crippen molar-refractivity contribution in [2.24, 2.45) is 0 Å². The van der Waals surface area contributed by atoms with Crippen LogP contribution in [-0.2, 0) is 4.74 Å². The maximum Gasteiger partial charge on any atom is 0.157 e. The van der Waals surface area contributed by atoms with Gasteiger partial charge in [0.2, 0.25) is 0 Å². The largest absolute Gasteiger partial charge is 0.369 e. The molecule has 0 amide bonds. The number of hydrogen-bond donors (Lipinski definition) is 1. The normalized spacial score (nSPS) is 21.8. The molecule has 110 valence electrons. The number of fused-ring (bicyclic) bond motifs is 1. The average molecular weight is 306 g/mol. The highest BCUT2D eigenvalue weighted by molar-refractivity contribution is 7.16. The first-order valence-electron chi connectivity index (χ1n) is 6.65. The molecule has 3 rings (SSSR count). The second-order valence-electron chi connectivity index (χ2n) is 4.96. The van der Waals surface area contributed by atoms with Gasteiger partial charge in [0.05, 0.1) is 17.7 Å². The van der Waals surface area contributed by atoms with Gasteiger partial charge in [0.15, 0.2) is 5.82 Å². The van der Waals surface area contributed by atoms with Crippen molar-refractivity contribution in [1.29, 1.82) is 0 Å². The van der Waals surface area contributed by atoms with E-state index >= 15 is 0 Å². The van der Waals surface area contributed by atoms with E-state index in [1.165, 1.54) is 29.8 Å². The van der Waals surface area contributed by atoms with Gasteiger partial charge in [0.1, 0.15) is 28.6 Å². The molecular formula is C14H15FN4OS. The summed E-state index contributed by atoms with van der Waals surface area (Å²) in [5.41, 5.74) is 2.44. The Morgan fingerprint density at radius 1 is 1.33 bits per heavy atom. The number of nitrogens with one attached hydrogen (secondary N) is 1. The summed E-state index contributed by atoms with van der Waals surface area (Å²) in [5.74, 6) is 0.337. The first-order valence-corrected chi connectivity index (χ1v) is 7.53. The fourth-order valence-electron chi connectivity index (χ4n) is 2.15. The molecule has 2 aromatic rings. The number of hydrogen-bond acceptors (Lipinski definition) is 6. The second-order valence-corrected chi connectivity index (χ2v) is 5.79. The first kappa shape index (κ1) is 14.1. The topological polar surface area (TPSA) is 59.9 Å². The van der Waals surface area contributed by atoms with Crippen LogP contribution in [0.4, 0.5) is 10.2 Å². The molecular weight excluding hydrogens is 291 g/mol. The second kappa shape index (κ2) is 5.87. The van der Waals surface area contributed by atoms with Crippen LogP contribution in [-0.4, -0.2) is 33.2 Å². The van der Waals surface area contributed by atoms with E-state index in [4.69, 9.17) is 4.74 Å². The molecule has 2 atom stereocenters. The number of aromatic nitrogens is 3. The lowest BCUT2D eigenvalue weighted by atomic mass is 10.0. The van der Waals surface area contributed by atoms with Gasteiger partial charge < -0.3 is 10.1 Å². The third-order valence-corrected chi connectivity index (χ3v) is 3.74. The molecule has 1 N–H and O–H groups in total. The Bertz CT molecular complexity index is 697. The molecule has 0 aliphatic heterocycles. The maximum atomic E-state index is 13.4. The first-order chi connectivity index (χ1) is 10.1. The number of nitrogens with zero attached hydrogens (tertiary/aromatic N) is 3. The summed E-state index contributed by atoms with van der Waals surface area (Å²) in [6, 6.07) is -0.202. The SMILES string of the molecule is CC(C)OC1C=C(F)C=CC1Nc1ncnc2scnc12. The molecule has 1 aliphatic rings. The summed E-state index contributed by atoms with van der Waals surface area (Å²) in [7, 11) is 0. The zero-order valence-electron chi connectivity index (χ0n) is 11.7. The van der Waals surface area contributed by atoms with Gasteiger partial charge in [-0.15, -0.1) is 11.3 Å². The van der Waals surface area contributed by atoms with Crippen molar-refractivity contribution in [3.63, 3.8) is 0 Å². The number of halogens is 1. The predicted octanol–water partition coefficient (Wildman–Crippen LogP) is 3.08.